The van der Waals surface area contributed by atoms with Gasteiger partial charge < -0.3 is 9.47 Å². The summed E-state index contributed by atoms with van der Waals surface area (Å²) in [6.45, 7) is 4.22. The molecule has 1 atom stereocenters. The van der Waals surface area contributed by atoms with E-state index in [1.807, 2.05) is 30.7 Å². The molecule has 0 bridgehead atoms. The lowest BCUT2D eigenvalue weighted by Crippen LogP contribution is -2.20. The molecule has 142 valence electrons. The summed E-state index contributed by atoms with van der Waals surface area (Å²) in [5.41, 5.74) is 4.54. The average molecular weight is 374 g/mol. The maximum Gasteiger partial charge on any atom is 0.162 e. The molecule has 0 radical (unpaired) electrons. The van der Waals surface area contributed by atoms with Gasteiger partial charge in [0.05, 0.1) is 5.69 Å². The molecular formula is C22H22N4O2. The Labute approximate surface area is 164 Å². The van der Waals surface area contributed by atoms with Crippen LogP contribution in [-0.2, 0) is 6.54 Å². The van der Waals surface area contributed by atoms with Crippen molar-refractivity contribution in [2.24, 2.45) is 0 Å². The second-order valence-corrected chi connectivity index (χ2v) is 7.30. The molecule has 4 heterocycles. The van der Waals surface area contributed by atoms with E-state index in [1.54, 1.807) is 6.33 Å². The molecule has 0 amide bonds. The van der Waals surface area contributed by atoms with Crippen molar-refractivity contribution in [1.82, 2.24) is 19.9 Å². The molecule has 1 saturated heterocycles. The highest BCUT2D eigenvalue weighted by Crippen LogP contribution is 2.35. The van der Waals surface area contributed by atoms with Crippen LogP contribution >= 0.6 is 0 Å². The number of hydrogen-bond acceptors (Lipinski definition) is 6. The van der Waals surface area contributed by atoms with Gasteiger partial charge in [-0.1, -0.05) is 0 Å². The fourth-order valence-electron chi connectivity index (χ4n) is 3.98. The maximum absolute atomic E-state index is 5.72. The highest BCUT2D eigenvalue weighted by molar-refractivity contribution is 5.64. The third kappa shape index (κ3) is 3.55. The lowest BCUT2D eigenvalue weighted by atomic mass is 9.97. The second-order valence-electron chi connectivity index (χ2n) is 7.30. The highest BCUT2D eigenvalue weighted by Gasteiger charge is 2.24. The van der Waals surface area contributed by atoms with Crippen LogP contribution in [0.4, 0.5) is 0 Å². The van der Waals surface area contributed by atoms with Gasteiger partial charge in [-0.3, -0.25) is 9.88 Å². The number of likely N-dealkylation sites (tertiary alicyclic amines) is 1. The SMILES string of the molecule is c1ncc(CN2CC[C@H](c3ccnc(-c4ccc5c(c4)OCCO5)c3)C2)cn1. The van der Waals surface area contributed by atoms with Crippen LogP contribution in [0.2, 0.25) is 0 Å². The van der Waals surface area contributed by atoms with Crippen molar-refractivity contribution in [3.63, 3.8) is 0 Å². The molecule has 3 aromatic rings. The van der Waals surface area contributed by atoms with Crippen LogP contribution in [0, 0.1) is 0 Å². The van der Waals surface area contributed by atoms with Crippen molar-refractivity contribution in [2.75, 3.05) is 26.3 Å². The van der Waals surface area contributed by atoms with Gasteiger partial charge in [-0.05, 0) is 54.8 Å². The smallest absolute Gasteiger partial charge is 0.162 e. The summed E-state index contributed by atoms with van der Waals surface area (Å²) in [6.07, 6.45) is 8.43. The van der Waals surface area contributed by atoms with Crippen molar-refractivity contribution in [1.29, 1.82) is 0 Å². The Kier molecular flexibility index (Phi) is 4.62. The normalized spacial score (nSPS) is 18.9. The lowest BCUT2D eigenvalue weighted by molar-refractivity contribution is 0.171. The first-order valence-corrected chi connectivity index (χ1v) is 9.67. The molecular weight excluding hydrogens is 352 g/mol. The molecule has 0 spiro atoms. The summed E-state index contributed by atoms with van der Waals surface area (Å²) < 4.78 is 11.3. The summed E-state index contributed by atoms with van der Waals surface area (Å²) in [5.74, 6) is 2.12. The van der Waals surface area contributed by atoms with Crippen LogP contribution in [0.15, 0.2) is 55.2 Å². The Morgan fingerprint density at radius 2 is 1.86 bits per heavy atom. The molecule has 1 aromatic carbocycles. The number of fused-ring (bicyclic) bond motifs is 1. The van der Waals surface area contributed by atoms with Crippen LogP contribution < -0.4 is 9.47 Å². The summed E-state index contributed by atoms with van der Waals surface area (Å²) in [4.78, 5) is 15.3. The molecule has 0 saturated carbocycles. The van der Waals surface area contributed by atoms with Crippen molar-refractivity contribution in [2.45, 2.75) is 18.9 Å². The number of nitrogens with zero attached hydrogens (tertiary/aromatic N) is 4. The molecule has 6 heteroatoms. The third-order valence-corrected chi connectivity index (χ3v) is 5.39. The van der Waals surface area contributed by atoms with E-state index in [-0.39, 0.29) is 0 Å². The predicted octanol–water partition coefficient (Wildman–Crippen LogP) is 3.30. The first-order valence-electron chi connectivity index (χ1n) is 9.67. The van der Waals surface area contributed by atoms with E-state index in [0.717, 1.165) is 54.4 Å². The maximum atomic E-state index is 5.72. The molecule has 2 aromatic heterocycles. The Morgan fingerprint density at radius 3 is 2.75 bits per heavy atom. The Bertz CT molecular complexity index is 964. The number of pyridine rings is 1. The van der Waals surface area contributed by atoms with Gasteiger partial charge in [-0.15, -0.1) is 0 Å². The van der Waals surface area contributed by atoms with E-state index in [1.165, 1.54) is 5.56 Å². The minimum absolute atomic E-state index is 0.517. The minimum atomic E-state index is 0.517. The van der Waals surface area contributed by atoms with Gasteiger partial charge in [-0.25, -0.2) is 9.97 Å². The molecule has 0 aliphatic carbocycles. The molecule has 6 nitrogen and oxygen atoms in total. The standard InChI is InChI=1S/C22H22N4O2/c1-2-21-22(28-8-7-27-21)10-18(1)20-9-17(3-5-25-20)19-4-6-26(14-19)13-16-11-23-15-24-12-16/h1-3,5,9-12,15,19H,4,6-8,13-14H2/t19-/m0/s1. The van der Waals surface area contributed by atoms with Gasteiger partial charge in [0.2, 0.25) is 0 Å². The van der Waals surface area contributed by atoms with Gasteiger partial charge in [0, 0.05) is 42.8 Å². The zero-order valence-electron chi connectivity index (χ0n) is 15.6. The Balaban J connectivity index is 1.32. The number of hydrogen-bond donors (Lipinski definition) is 0. The van der Waals surface area contributed by atoms with Gasteiger partial charge in [0.25, 0.3) is 0 Å². The fourth-order valence-corrected chi connectivity index (χ4v) is 3.98. The zero-order chi connectivity index (χ0) is 18.8. The number of aromatic nitrogens is 3. The third-order valence-electron chi connectivity index (χ3n) is 5.39. The lowest BCUT2D eigenvalue weighted by Gasteiger charge is -2.19. The van der Waals surface area contributed by atoms with E-state index in [9.17, 15) is 0 Å². The minimum Gasteiger partial charge on any atom is -0.486 e. The summed E-state index contributed by atoms with van der Waals surface area (Å²) >= 11 is 0. The zero-order valence-corrected chi connectivity index (χ0v) is 15.6. The van der Waals surface area contributed by atoms with E-state index in [2.05, 4.69) is 38.1 Å². The first-order chi connectivity index (χ1) is 13.8. The number of ether oxygens (including phenoxy) is 2. The summed E-state index contributed by atoms with van der Waals surface area (Å²) in [5, 5.41) is 0. The predicted molar refractivity (Wildman–Crippen MR) is 105 cm³/mol. The van der Waals surface area contributed by atoms with Crippen LogP contribution in [0.3, 0.4) is 0 Å². The molecule has 0 unspecified atom stereocenters. The summed E-state index contributed by atoms with van der Waals surface area (Å²) in [7, 11) is 0. The monoisotopic (exact) mass is 374 g/mol. The number of rotatable bonds is 4. The summed E-state index contributed by atoms with van der Waals surface area (Å²) in [6, 6.07) is 10.4. The molecule has 0 N–H and O–H groups in total. The van der Waals surface area contributed by atoms with Crippen LogP contribution in [0.1, 0.15) is 23.5 Å². The van der Waals surface area contributed by atoms with Crippen LogP contribution in [-0.4, -0.2) is 46.2 Å². The topological polar surface area (TPSA) is 60.4 Å². The second kappa shape index (κ2) is 7.56. The van der Waals surface area contributed by atoms with Gasteiger partial charge in [-0.2, -0.15) is 0 Å². The van der Waals surface area contributed by atoms with Crippen molar-refractivity contribution < 1.29 is 9.47 Å². The fraction of sp³-hybridized carbons (Fsp3) is 0.318. The largest absolute Gasteiger partial charge is 0.486 e. The van der Waals surface area contributed by atoms with Crippen molar-refractivity contribution >= 4 is 0 Å². The van der Waals surface area contributed by atoms with E-state index >= 15 is 0 Å². The van der Waals surface area contributed by atoms with Gasteiger partial charge >= 0.3 is 0 Å². The molecule has 28 heavy (non-hydrogen) atoms. The van der Waals surface area contributed by atoms with Gasteiger partial charge in [0.1, 0.15) is 19.5 Å². The van der Waals surface area contributed by atoms with E-state index < -0.39 is 0 Å². The number of benzene rings is 1. The van der Waals surface area contributed by atoms with Crippen molar-refractivity contribution in [3.8, 4) is 22.8 Å². The van der Waals surface area contributed by atoms with E-state index in [0.29, 0.717) is 19.1 Å². The van der Waals surface area contributed by atoms with Gasteiger partial charge in [0.15, 0.2) is 11.5 Å². The Hall–Kier alpha value is -2.99. The van der Waals surface area contributed by atoms with Crippen molar-refractivity contribution in [3.05, 3.63) is 66.4 Å². The molecule has 5 rings (SSSR count). The molecule has 2 aliphatic rings. The quantitative estimate of drug-likeness (QED) is 0.698. The van der Waals surface area contributed by atoms with Crippen LogP contribution in [0.5, 0.6) is 11.5 Å². The molecule has 2 aliphatic heterocycles. The highest BCUT2D eigenvalue weighted by atomic mass is 16.6. The van der Waals surface area contributed by atoms with Crippen LogP contribution in [0.25, 0.3) is 11.3 Å². The molecule has 1 fully saturated rings. The Morgan fingerprint density at radius 1 is 1.00 bits per heavy atom. The average Bonchev–Trinajstić information content (AvgIpc) is 3.23. The first kappa shape index (κ1) is 17.1. The van der Waals surface area contributed by atoms with E-state index in [4.69, 9.17) is 9.47 Å².